The Hall–Kier alpha value is -0.510. The van der Waals surface area contributed by atoms with E-state index in [0.717, 1.165) is 16.9 Å². The molecule has 0 aliphatic rings. The van der Waals surface area contributed by atoms with Crippen molar-refractivity contribution in [2.45, 2.75) is 18.7 Å². The molecule has 0 saturated carbocycles. The average molecular weight is 171 g/mol. The lowest BCUT2D eigenvalue weighted by Crippen LogP contribution is -1.86. The quantitative estimate of drug-likeness (QED) is 0.548. The van der Waals surface area contributed by atoms with Gasteiger partial charge in [0.15, 0.2) is 0 Å². The molecule has 0 radical (unpaired) electrons. The lowest BCUT2D eigenvalue weighted by atomic mass is 10.4. The summed E-state index contributed by atoms with van der Waals surface area (Å²) in [5.41, 5.74) is 0. The van der Waals surface area contributed by atoms with E-state index in [1.807, 2.05) is 44.2 Å². The van der Waals surface area contributed by atoms with E-state index < -0.39 is 0 Å². The molecule has 0 heterocycles. The summed E-state index contributed by atoms with van der Waals surface area (Å²) >= 11 is 1.15. The van der Waals surface area contributed by atoms with Gasteiger partial charge in [-0.3, -0.25) is 0 Å². The molecule has 0 saturated heterocycles. The molecule has 2 N–H and O–H groups in total. The van der Waals surface area contributed by atoms with Crippen molar-refractivity contribution in [3.63, 3.8) is 0 Å². The normalized spacial score (nSPS) is 8.27. The average Bonchev–Trinajstić information content (AvgIpc) is 2.11. The number of hydrogen-bond donors (Lipinski definition) is 1. The van der Waals surface area contributed by atoms with Crippen LogP contribution in [-0.2, 0) is 4.28 Å². The fraction of sp³-hybridized carbons (Fsp3) is 0.250. The van der Waals surface area contributed by atoms with Crippen molar-refractivity contribution in [1.29, 1.82) is 0 Å². The Kier molecular flexibility index (Phi) is 7.24. The molecule has 0 spiro atoms. The van der Waals surface area contributed by atoms with Crippen molar-refractivity contribution in [2.75, 3.05) is 0 Å². The number of hydrogen-bond acceptors (Lipinski definition) is 3. The second kappa shape index (κ2) is 7.60. The van der Waals surface area contributed by atoms with Gasteiger partial charge in [-0.05, 0) is 12.1 Å². The maximum atomic E-state index is 4.82. The van der Waals surface area contributed by atoms with Crippen LogP contribution in [0.1, 0.15) is 13.8 Å². The predicted octanol–water partition coefficient (Wildman–Crippen LogP) is 2.61. The molecule has 0 unspecified atom stereocenters. The fourth-order valence-corrected chi connectivity index (χ4v) is 0.911. The molecular weight excluding hydrogens is 158 g/mol. The van der Waals surface area contributed by atoms with Crippen LogP contribution in [0.25, 0.3) is 0 Å². The van der Waals surface area contributed by atoms with E-state index >= 15 is 0 Å². The first-order valence-electron chi connectivity index (χ1n) is 3.52. The van der Waals surface area contributed by atoms with Gasteiger partial charge in [-0.2, -0.15) is 0 Å². The van der Waals surface area contributed by atoms with Gasteiger partial charge in [-0.1, -0.05) is 32.0 Å². The maximum Gasteiger partial charge on any atom is 0.0521 e. The lowest BCUT2D eigenvalue weighted by molar-refractivity contribution is 0.398. The van der Waals surface area contributed by atoms with Gasteiger partial charge in [0.2, 0.25) is 0 Å². The molecule has 2 nitrogen and oxygen atoms in total. The van der Waals surface area contributed by atoms with Crippen LogP contribution >= 0.6 is 12.0 Å². The monoisotopic (exact) mass is 171 g/mol. The largest absolute Gasteiger partial charge is 0.229 e. The van der Waals surface area contributed by atoms with Crippen LogP contribution < -0.4 is 5.90 Å². The summed E-state index contributed by atoms with van der Waals surface area (Å²) < 4.78 is 4.34. The van der Waals surface area contributed by atoms with Crippen LogP contribution in [0.15, 0.2) is 35.2 Å². The molecular formula is C8H13NOS. The highest BCUT2D eigenvalue weighted by molar-refractivity contribution is 7.94. The van der Waals surface area contributed by atoms with Crippen molar-refractivity contribution >= 4 is 12.0 Å². The summed E-state index contributed by atoms with van der Waals surface area (Å²) in [5, 5.41) is 0. The first-order valence-corrected chi connectivity index (χ1v) is 4.26. The van der Waals surface area contributed by atoms with Crippen molar-refractivity contribution in [1.82, 2.24) is 0 Å². The molecule has 0 atom stereocenters. The molecule has 11 heavy (non-hydrogen) atoms. The van der Waals surface area contributed by atoms with Gasteiger partial charge < -0.3 is 0 Å². The Bertz CT molecular complexity index is 167. The zero-order valence-electron chi connectivity index (χ0n) is 6.78. The van der Waals surface area contributed by atoms with Crippen LogP contribution in [0.5, 0.6) is 0 Å². The molecule has 1 rings (SSSR count). The van der Waals surface area contributed by atoms with Gasteiger partial charge in [-0.15, -0.1) is 0 Å². The standard InChI is InChI=1S/C6H7NOS.C2H6/c7-8-9-6-4-2-1-3-5-6;1-2/h1-5H,7H2;1-2H3. The summed E-state index contributed by atoms with van der Waals surface area (Å²) in [7, 11) is 0. The highest BCUT2D eigenvalue weighted by atomic mass is 32.2. The predicted molar refractivity (Wildman–Crippen MR) is 48.9 cm³/mol. The van der Waals surface area contributed by atoms with E-state index in [0.29, 0.717) is 0 Å². The molecule has 1 aromatic carbocycles. The maximum absolute atomic E-state index is 4.82. The van der Waals surface area contributed by atoms with Crippen LogP contribution in [0, 0.1) is 0 Å². The van der Waals surface area contributed by atoms with E-state index in [4.69, 9.17) is 5.90 Å². The summed E-state index contributed by atoms with van der Waals surface area (Å²) in [6, 6.07) is 9.67. The molecule has 1 aromatic rings. The Morgan fingerprint density at radius 3 is 2.18 bits per heavy atom. The minimum absolute atomic E-state index is 1.01. The number of nitrogens with two attached hydrogens (primary N) is 1. The first kappa shape index (κ1) is 10.5. The van der Waals surface area contributed by atoms with Gasteiger partial charge in [0.1, 0.15) is 0 Å². The number of benzene rings is 1. The molecule has 62 valence electrons. The zero-order valence-corrected chi connectivity index (χ0v) is 7.60. The second-order valence-corrected chi connectivity index (χ2v) is 2.32. The molecule has 0 aliphatic carbocycles. The second-order valence-electron chi connectivity index (χ2n) is 1.49. The summed E-state index contributed by atoms with van der Waals surface area (Å²) in [5.74, 6) is 4.82. The van der Waals surface area contributed by atoms with Crippen molar-refractivity contribution in [2.24, 2.45) is 5.90 Å². The fourth-order valence-electron chi connectivity index (χ4n) is 0.532. The molecule has 0 bridgehead atoms. The third kappa shape index (κ3) is 4.84. The van der Waals surface area contributed by atoms with E-state index in [1.165, 1.54) is 0 Å². The molecule has 0 aliphatic heterocycles. The van der Waals surface area contributed by atoms with E-state index in [-0.39, 0.29) is 0 Å². The smallest absolute Gasteiger partial charge is 0.0521 e. The summed E-state index contributed by atoms with van der Waals surface area (Å²) in [6.45, 7) is 4.00. The Balaban J connectivity index is 0.000000461. The SMILES string of the molecule is CC.NOSc1ccccc1. The minimum Gasteiger partial charge on any atom is -0.229 e. The minimum atomic E-state index is 1.01. The highest BCUT2D eigenvalue weighted by Crippen LogP contribution is 2.14. The van der Waals surface area contributed by atoms with Crippen LogP contribution in [0.3, 0.4) is 0 Å². The molecule has 0 aromatic heterocycles. The van der Waals surface area contributed by atoms with Crippen molar-refractivity contribution < 1.29 is 4.28 Å². The molecule has 0 amide bonds. The zero-order chi connectivity index (χ0) is 8.53. The molecule has 3 heteroatoms. The van der Waals surface area contributed by atoms with Gasteiger partial charge >= 0.3 is 0 Å². The highest BCUT2D eigenvalue weighted by Gasteiger charge is 1.86. The Morgan fingerprint density at radius 2 is 1.73 bits per heavy atom. The third-order valence-electron chi connectivity index (χ3n) is 0.888. The van der Waals surface area contributed by atoms with Gasteiger partial charge in [0.25, 0.3) is 0 Å². The summed E-state index contributed by atoms with van der Waals surface area (Å²) in [6.07, 6.45) is 0. The van der Waals surface area contributed by atoms with Crippen molar-refractivity contribution in [3.8, 4) is 0 Å². The van der Waals surface area contributed by atoms with Crippen LogP contribution in [-0.4, -0.2) is 0 Å². The lowest BCUT2D eigenvalue weighted by Gasteiger charge is -1.92. The Morgan fingerprint density at radius 1 is 1.18 bits per heavy atom. The third-order valence-corrected chi connectivity index (χ3v) is 1.45. The van der Waals surface area contributed by atoms with E-state index in [9.17, 15) is 0 Å². The van der Waals surface area contributed by atoms with Crippen molar-refractivity contribution in [3.05, 3.63) is 30.3 Å². The van der Waals surface area contributed by atoms with Gasteiger partial charge in [0.05, 0.1) is 12.0 Å². The van der Waals surface area contributed by atoms with Crippen LogP contribution in [0.4, 0.5) is 0 Å². The van der Waals surface area contributed by atoms with Gasteiger partial charge in [0, 0.05) is 4.90 Å². The van der Waals surface area contributed by atoms with Gasteiger partial charge in [-0.25, -0.2) is 10.2 Å². The molecule has 0 fully saturated rings. The summed E-state index contributed by atoms with van der Waals surface area (Å²) in [4.78, 5) is 1.01. The van der Waals surface area contributed by atoms with E-state index in [1.54, 1.807) is 0 Å². The number of rotatable bonds is 2. The topological polar surface area (TPSA) is 35.2 Å². The Labute approximate surface area is 71.9 Å². The van der Waals surface area contributed by atoms with E-state index in [2.05, 4.69) is 4.28 Å². The first-order chi connectivity index (χ1) is 5.43. The van der Waals surface area contributed by atoms with Crippen LogP contribution in [0.2, 0.25) is 0 Å².